The highest BCUT2D eigenvalue weighted by atomic mass is 16.1. The Hall–Kier alpha value is -0.410. The molecule has 12 heavy (non-hydrogen) atoms. The van der Waals surface area contributed by atoms with E-state index in [0.717, 1.165) is 26.1 Å². The van der Waals surface area contributed by atoms with Gasteiger partial charge in [-0.15, -0.1) is 0 Å². The van der Waals surface area contributed by atoms with Crippen LogP contribution in [0.25, 0.3) is 0 Å². The molecule has 0 amide bonds. The standard InChI is InChI=1S/C9H18N2O/c1-3-4-9(12)8-7-11(2)6-5-10-8/h8,10H,3-7H2,1-2H3. The van der Waals surface area contributed by atoms with Crippen LogP contribution in [0.5, 0.6) is 0 Å². The lowest BCUT2D eigenvalue weighted by molar-refractivity contribution is -0.122. The van der Waals surface area contributed by atoms with E-state index < -0.39 is 0 Å². The number of carbonyl (C=O) groups excluding carboxylic acids is 1. The Morgan fingerprint density at radius 3 is 3.00 bits per heavy atom. The molecule has 0 aromatic heterocycles. The Morgan fingerprint density at radius 2 is 2.42 bits per heavy atom. The van der Waals surface area contributed by atoms with E-state index in [1.54, 1.807) is 0 Å². The number of Topliss-reactive ketones (excluding diaryl/α,β-unsaturated/α-hetero) is 1. The van der Waals surface area contributed by atoms with Crippen molar-refractivity contribution in [2.45, 2.75) is 25.8 Å². The number of ketones is 1. The van der Waals surface area contributed by atoms with Crippen LogP contribution >= 0.6 is 0 Å². The highest BCUT2D eigenvalue weighted by Gasteiger charge is 2.21. The summed E-state index contributed by atoms with van der Waals surface area (Å²) in [5.41, 5.74) is 0. The Labute approximate surface area is 74.1 Å². The Kier molecular flexibility index (Phi) is 3.69. The minimum absolute atomic E-state index is 0.0868. The van der Waals surface area contributed by atoms with Crippen molar-refractivity contribution in [1.29, 1.82) is 0 Å². The summed E-state index contributed by atoms with van der Waals surface area (Å²) in [5, 5.41) is 3.24. The topological polar surface area (TPSA) is 32.3 Å². The van der Waals surface area contributed by atoms with E-state index in [1.807, 2.05) is 6.92 Å². The molecule has 1 heterocycles. The molecule has 1 N–H and O–H groups in total. The van der Waals surface area contributed by atoms with Crippen LogP contribution in [0.15, 0.2) is 0 Å². The highest BCUT2D eigenvalue weighted by Crippen LogP contribution is 2.01. The minimum Gasteiger partial charge on any atom is -0.305 e. The van der Waals surface area contributed by atoms with Crippen LogP contribution in [0.1, 0.15) is 19.8 Å². The monoisotopic (exact) mass is 170 g/mol. The van der Waals surface area contributed by atoms with Crippen LogP contribution in [0.3, 0.4) is 0 Å². The molecule has 70 valence electrons. The van der Waals surface area contributed by atoms with Crippen molar-refractivity contribution in [3.63, 3.8) is 0 Å². The minimum atomic E-state index is 0.0868. The second-order valence-corrected chi connectivity index (χ2v) is 3.49. The molecule has 1 aliphatic heterocycles. The van der Waals surface area contributed by atoms with Gasteiger partial charge in [-0.2, -0.15) is 0 Å². The van der Waals surface area contributed by atoms with E-state index in [0.29, 0.717) is 12.2 Å². The summed E-state index contributed by atoms with van der Waals surface area (Å²) >= 11 is 0. The van der Waals surface area contributed by atoms with Crippen LogP contribution in [0, 0.1) is 0 Å². The first-order valence-corrected chi connectivity index (χ1v) is 4.68. The molecule has 1 fully saturated rings. The number of carbonyl (C=O) groups is 1. The zero-order valence-electron chi connectivity index (χ0n) is 7.97. The van der Waals surface area contributed by atoms with Gasteiger partial charge < -0.3 is 10.2 Å². The van der Waals surface area contributed by atoms with Crippen molar-refractivity contribution >= 4 is 5.78 Å². The summed E-state index contributed by atoms with van der Waals surface area (Å²) in [6.07, 6.45) is 1.67. The molecule has 1 saturated heterocycles. The first-order valence-electron chi connectivity index (χ1n) is 4.68. The molecule has 0 aromatic rings. The number of likely N-dealkylation sites (N-methyl/N-ethyl adjacent to an activating group) is 1. The second-order valence-electron chi connectivity index (χ2n) is 3.49. The molecule has 3 nitrogen and oxygen atoms in total. The number of rotatable bonds is 3. The normalized spacial score (nSPS) is 25.7. The molecular weight excluding hydrogens is 152 g/mol. The lowest BCUT2D eigenvalue weighted by Gasteiger charge is -2.29. The van der Waals surface area contributed by atoms with Gasteiger partial charge in [-0.3, -0.25) is 4.79 Å². The van der Waals surface area contributed by atoms with Crippen molar-refractivity contribution in [2.75, 3.05) is 26.7 Å². The Bertz CT molecular complexity index is 159. The molecule has 0 radical (unpaired) electrons. The van der Waals surface area contributed by atoms with Gasteiger partial charge >= 0.3 is 0 Å². The van der Waals surface area contributed by atoms with Gasteiger partial charge in [0.25, 0.3) is 0 Å². The lowest BCUT2D eigenvalue weighted by atomic mass is 10.1. The molecule has 0 bridgehead atoms. The van der Waals surface area contributed by atoms with Crippen molar-refractivity contribution in [2.24, 2.45) is 0 Å². The van der Waals surface area contributed by atoms with Crippen LogP contribution in [0.2, 0.25) is 0 Å². The fourth-order valence-electron chi connectivity index (χ4n) is 1.53. The molecule has 1 aliphatic rings. The smallest absolute Gasteiger partial charge is 0.151 e. The zero-order chi connectivity index (χ0) is 8.97. The lowest BCUT2D eigenvalue weighted by Crippen LogP contribution is -2.52. The average Bonchev–Trinajstić information content (AvgIpc) is 2.05. The molecule has 1 rings (SSSR count). The Morgan fingerprint density at radius 1 is 1.67 bits per heavy atom. The molecular formula is C9H18N2O. The molecule has 1 atom stereocenters. The van der Waals surface area contributed by atoms with E-state index in [4.69, 9.17) is 0 Å². The van der Waals surface area contributed by atoms with E-state index in [9.17, 15) is 4.79 Å². The predicted molar refractivity (Wildman–Crippen MR) is 49.2 cm³/mol. The fourth-order valence-corrected chi connectivity index (χ4v) is 1.53. The summed E-state index contributed by atoms with van der Waals surface area (Å²) < 4.78 is 0. The van der Waals surface area contributed by atoms with Gasteiger partial charge in [0, 0.05) is 26.1 Å². The quantitative estimate of drug-likeness (QED) is 0.659. The van der Waals surface area contributed by atoms with E-state index in [1.165, 1.54) is 0 Å². The van der Waals surface area contributed by atoms with Gasteiger partial charge in [0.2, 0.25) is 0 Å². The van der Waals surface area contributed by atoms with Crippen molar-refractivity contribution in [3.05, 3.63) is 0 Å². The van der Waals surface area contributed by atoms with Crippen molar-refractivity contribution < 1.29 is 4.79 Å². The fraction of sp³-hybridized carbons (Fsp3) is 0.889. The maximum Gasteiger partial charge on any atom is 0.151 e. The Balaban J connectivity index is 2.35. The summed E-state index contributed by atoms with van der Waals surface area (Å²) in [5.74, 6) is 0.365. The van der Waals surface area contributed by atoms with Crippen LogP contribution < -0.4 is 5.32 Å². The van der Waals surface area contributed by atoms with Gasteiger partial charge in [-0.1, -0.05) is 6.92 Å². The third-order valence-corrected chi connectivity index (χ3v) is 2.26. The van der Waals surface area contributed by atoms with Crippen LogP contribution in [-0.2, 0) is 4.79 Å². The average molecular weight is 170 g/mol. The molecule has 0 aromatic carbocycles. The van der Waals surface area contributed by atoms with Gasteiger partial charge in [0.05, 0.1) is 6.04 Å². The summed E-state index contributed by atoms with van der Waals surface area (Å²) in [4.78, 5) is 13.7. The molecule has 0 saturated carbocycles. The van der Waals surface area contributed by atoms with Gasteiger partial charge in [0.1, 0.15) is 0 Å². The van der Waals surface area contributed by atoms with Gasteiger partial charge in [-0.25, -0.2) is 0 Å². The van der Waals surface area contributed by atoms with Crippen molar-refractivity contribution in [1.82, 2.24) is 10.2 Å². The maximum absolute atomic E-state index is 11.5. The van der Waals surface area contributed by atoms with E-state index in [2.05, 4.69) is 17.3 Å². The molecule has 0 spiro atoms. The van der Waals surface area contributed by atoms with E-state index in [-0.39, 0.29) is 6.04 Å². The summed E-state index contributed by atoms with van der Waals surface area (Å²) in [6, 6.07) is 0.0868. The van der Waals surface area contributed by atoms with Crippen LogP contribution in [-0.4, -0.2) is 43.4 Å². The number of piperazine rings is 1. The number of nitrogens with zero attached hydrogens (tertiary/aromatic N) is 1. The second kappa shape index (κ2) is 4.58. The van der Waals surface area contributed by atoms with Gasteiger partial charge in [0.15, 0.2) is 5.78 Å². The number of hydrogen-bond acceptors (Lipinski definition) is 3. The first-order chi connectivity index (χ1) is 5.74. The number of nitrogens with one attached hydrogen (secondary N) is 1. The summed E-state index contributed by atoms with van der Waals surface area (Å²) in [7, 11) is 2.06. The van der Waals surface area contributed by atoms with E-state index >= 15 is 0 Å². The largest absolute Gasteiger partial charge is 0.305 e. The maximum atomic E-state index is 11.5. The SMILES string of the molecule is CCCC(=O)C1CN(C)CCN1. The first kappa shape index (κ1) is 9.68. The van der Waals surface area contributed by atoms with Gasteiger partial charge in [-0.05, 0) is 13.5 Å². The highest BCUT2D eigenvalue weighted by molar-refractivity contribution is 5.84. The zero-order valence-corrected chi connectivity index (χ0v) is 7.97. The van der Waals surface area contributed by atoms with Crippen molar-refractivity contribution in [3.8, 4) is 0 Å². The molecule has 1 unspecified atom stereocenters. The predicted octanol–water partition coefficient (Wildman–Crippen LogP) is 0.259. The third kappa shape index (κ3) is 2.57. The summed E-state index contributed by atoms with van der Waals surface area (Å²) in [6.45, 7) is 4.91. The number of hydrogen-bond donors (Lipinski definition) is 1. The third-order valence-electron chi connectivity index (χ3n) is 2.26. The molecule has 0 aliphatic carbocycles. The molecule has 3 heteroatoms. The van der Waals surface area contributed by atoms with Crippen LogP contribution in [0.4, 0.5) is 0 Å².